The van der Waals surface area contributed by atoms with Crippen LogP contribution in [0.2, 0.25) is 0 Å². The lowest BCUT2D eigenvalue weighted by molar-refractivity contribution is -0.140. The van der Waals surface area contributed by atoms with Gasteiger partial charge in [-0.25, -0.2) is 4.79 Å². The molecular formula is C6H13NO2S. The van der Waals surface area contributed by atoms with Crippen molar-refractivity contribution in [2.75, 3.05) is 0 Å². The van der Waals surface area contributed by atoms with Gasteiger partial charge in [0.05, 0.1) is 0 Å². The van der Waals surface area contributed by atoms with E-state index in [2.05, 4.69) is 12.6 Å². The maximum atomic E-state index is 10.4. The first kappa shape index (κ1) is 9.78. The van der Waals surface area contributed by atoms with Crippen LogP contribution < -0.4 is 5.73 Å². The maximum Gasteiger partial charge on any atom is 0.333 e. The lowest BCUT2D eigenvalue weighted by Gasteiger charge is -2.19. The summed E-state index contributed by atoms with van der Waals surface area (Å²) in [7, 11) is 0. The highest BCUT2D eigenvalue weighted by Gasteiger charge is 2.29. The summed E-state index contributed by atoms with van der Waals surface area (Å²) in [6, 6.07) is 0. The molecule has 0 aromatic carbocycles. The van der Waals surface area contributed by atoms with E-state index in [1.165, 1.54) is 0 Å². The van der Waals surface area contributed by atoms with Crippen molar-refractivity contribution in [1.29, 1.82) is 0 Å². The fourth-order valence-corrected chi connectivity index (χ4v) is 1.07. The molecule has 0 fully saturated rings. The van der Waals surface area contributed by atoms with E-state index in [9.17, 15) is 4.79 Å². The van der Waals surface area contributed by atoms with E-state index in [1.807, 2.05) is 13.8 Å². The Labute approximate surface area is 66.0 Å². The summed E-state index contributed by atoms with van der Waals surface area (Å²) in [4.78, 5) is 8.99. The fourth-order valence-electron chi connectivity index (χ4n) is 0.710. The molecule has 60 valence electrons. The number of nitrogens with two attached hydrogens (primary N) is 1. The van der Waals surface area contributed by atoms with Gasteiger partial charge in [0.25, 0.3) is 0 Å². The molecule has 0 aliphatic carbocycles. The summed E-state index contributed by atoms with van der Waals surface area (Å²) in [5, 5.41) is 8.49. The number of thiol groups is 1. The molecular weight excluding hydrogens is 150 g/mol. The number of carboxylic acid groups (broad SMARTS) is 1. The minimum atomic E-state index is -1.37. The van der Waals surface area contributed by atoms with Crippen molar-refractivity contribution in [3.63, 3.8) is 0 Å². The molecule has 0 aromatic heterocycles. The predicted octanol–water partition coefficient (Wildman–Crippen LogP) is 0.702. The largest absolute Gasteiger partial charge is 0.479 e. The van der Waals surface area contributed by atoms with Gasteiger partial charge in [0.2, 0.25) is 0 Å². The van der Waals surface area contributed by atoms with E-state index >= 15 is 0 Å². The van der Waals surface area contributed by atoms with E-state index in [-0.39, 0.29) is 5.92 Å². The van der Waals surface area contributed by atoms with E-state index in [0.717, 1.165) is 0 Å². The Morgan fingerprint density at radius 3 is 2.30 bits per heavy atom. The summed E-state index contributed by atoms with van der Waals surface area (Å²) in [5.74, 6) is -0.817. The Hall–Kier alpha value is -0.220. The average Bonchev–Trinajstić information content (AvgIpc) is 1.60. The van der Waals surface area contributed by atoms with Crippen molar-refractivity contribution in [3.8, 4) is 0 Å². The normalized spacial score (nSPS) is 16.9. The molecule has 0 aliphatic heterocycles. The molecule has 0 aromatic rings. The molecule has 0 unspecified atom stereocenters. The molecule has 3 nitrogen and oxygen atoms in total. The van der Waals surface area contributed by atoms with Crippen molar-refractivity contribution < 1.29 is 9.90 Å². The monoisotopic (exact) mass is 163 g/mol. The van der Waals surface area contributed by atoms with Gasteiger partial charge in [0.1, 0.15) is 0 Å². The van der Waals surface area contributed by atoms with Crippen molar-refractivity contribution >= 4 is 18.6 Å². The second kappa shape index (κ2) is 3.25. The van der Waals surface area contributed by atoms with Gasteiger partial charge >= 0.3 is 5.97 Å². The average molecular weight is 163 g/mol. The molecule has 0 saturated heterocycles. The molecule has 1 atom stereocenters. The zero-order valence-electron chi connectivity index (χ0n) is 6.16. The van der Waals surface area contributed by atoms with Crippen molar-refractivity contribution in [2.45, 2.75) is 25.1 Å². The zero-order chi connectivity index (χ0) is 8.36. The highest BCUT2D eigenvalue weighted by molar-refractivity contribution is 7.82. The SMILES string of the molecule is CC(C)C[C@@](N)(S)C(=O)O. The van der Waals surface area contributed by atoms with Crippen LogP contribution in [0.3, 0.4) is 0 Å². The summed E-state index contributed by atoms with van der Waals surface area (Å²) >= 11 is 3.80. The number of carbonyl (C=O) groups is 1. The Balaban J connectivity index is 4.00. The minimum absolute atomic E-state index is 0.249. The van der Waals surface area contributed by atoms with Crippen molar-refractivity contribution in [1.82, 2.24) is 0 Å². The van der Waals surface area contributed by atoms with Gasteiger partial charge in [-0.1, -0.05) is 13.8 Å². The molecule has 0 heterocycles. The fraction of sp³-hybridized carbons (Fsp3) is 0.833. The summed E-state index contributed by atoms with van der Waals surface area (Å²) in [5.41, 5.74) is 5.33. The molecule has 3 N–H and O–H groups in total. The Kier molecular flexibility index (Phi) is 3.18. The van der Waals surface area contributed by atoms with E-state index in [1.54, 1.807) is 0 Å². The summed E-state index contributed by atoms with van der Waals surface area (Å²) in [6.45, 7) is 3.81. The van der Waals surface area contributed by atoms with Gasteiger partial charge < -0.3 is 10.8 Å². The second-order valence-electron chi connectivity index (χ2n) is 2.83. The summed E-state index contributed by atoms with van der Waals surface area (Å²) in [6.07, 6.45) is 0.380. The van der Waals surface area contributed by atoms with Crippen LogP contribution in [-0.2, 0) is 4.79 Å². The van der Waals surface area contributed by atoms with Crippen LogP contribution in [0.25, 0.3) is 0 Å². The van der Waals surface area contributed by atoms with Gasteiger partial charge in [-0.2, -0.15) is 0 Å². The van der Waals surface area contributed by atoms with Crippen LogP contribution in [-0.4, -0.2) is 15.9 Å². The van der Waals surface area contributed by atoms with Gasteiger partial charge in [-0.05, 0) is 12.3 Å². The quantitative estimate of drug-likeness (QED) is 0.424. The Morgan fingerprint density at radius 1 is 1.80 bits per heavy atom. The molecule has 0 bridgehead atoms. The van der Waals surface area contributed by atoms with Crippen molar-refractivity contribution in [2.24, 2.45) is 11.7 Å². The van der Waals surface area contributed by atoms with Crippen LogP contribution in [0.1, 0.15) is 20.3 Å². The number of hydrogen-bond acceptors (Lipinski definition) is 3. The minimum Gasteiger partial charge on any atom is -0.479 e. The number of carboxylic acids is 1. The Bertz CT molecular complexity index is 134. The van der Waals surface area contributed by atoms with E-state index < -0.39 is 10.8 Å². The van der Waals surface area contributed by atoms with Gasteiger partial charge in [-0.15, -0.1) is 12.6 Å². The first-order valence-electron chi connectivity index (χ1n) is 3.11. The van der Waals surface area contributed by atoms with Gasteiger partial charge in [-0.3, -0.25) is 0 Å². The third-order valence-electron chi connectivity index (χ3n) is 1.09. The Morgan fingerprint density at radius 2 is 2.20 bits per heavy atom. The molecule has 10 heavy (non-hydrogen) atoms. The lowest BCUT2D eigenvalue weighted by atomic mass is 10.0. The predicted molar refractivity (Wildman–Crippen MR) is 43.0 cm³/mol. The lowest BCUT2D eigenvalue weighted by Crippen LogP contribution is -2.43. The van der Waals surface area contributed by atoms with Crippen LogP contribution >= 0.6 is 12.6 Å². The molecule has 0 spiro atoms. The zero-order valence-corrected chi connectivity index (χ0v) is 7.06. The second-order valence-corrected chi connectivity index (χ2v) is 3.63. The third-order valence-corrected chi connectivity index (χ3v) is 1.46. The topological polar surface area (TPSA) is 63.3 Å². The first-order valence-corrected chi connectivity index (χ1v) is 3.55. The number of aliphatic carboxylic acids is 1. The molecule has 4 heteroatoms. The van der Waals surface area contributed by atoms with E-state index in [0.29, 0.717) is 6.42 Å². The first-order chi connectivity index (χ1) is 4.36. The van der Waals surface area contributed by atoms with Crippen LogP contribution in [0, 0.1) is 5.92 Å². The van der Waals surface area contributed by atoms with Crippen LogP contribution in [0.15, 0.2) is 0 Å². The summed E-state index contributed by atoms with van der Waals surface area (Å²) < 4.78 is 0. The molecule has 0 aliphatic rings. The highest BCUT2D eigenvalue weighted by Crippen LogP contribution is 2.17. The standard InChI is InChI=1S/C6H13NO2S/c1-4(2)3-6(7,10)5(8)9/h4,10H,3,7H2,1-2H3,(H,8,9)/t6-/m1/s1. The van der Waals surface area contributed by atoms with Gasteiger partial charge in [0, 0.05) is 0 Å². The van der Waals surface area contributed by atoms with Crippen molar-refractivity contribution in [3.05, 3.63) is 0 Å². The molecule has 0 rings (SSSR count). The smallest absolute Gasteiger partial charge is 0.333 e. The number of hydrogen-bond donors (Lipinski definition) is 3. The highest BCUT2D eigenvalue weighted by atomic mass is 32.1. The third kappa shape index (κ3) is 3.08. The van der Waals surface area contributed by atoms with Crippen LogP contribution in [0.5, 0.6) is 0 Å². The van der Waals surface area contributed by atoms with E-state index in [4.69, 9.17) is 10.8 Å². The molecule has 0 amide bonds. The van der Waals surface area contributed by atoms with Gasteiger partial charge in [0.15, 0.2) is 4.87 Å². The molecule has 0 saturated carbocycles. The number of rotatable bonds is 3. The molecule has 0 radical (unpaired) electrons. The maximum absolute atomic E-state index is 10.4. The van der Waals surface area contributed by atoms with Crippen LogP contribution in [0.4, 0.5) is 0 Å².